The molecule has 0 fully saturated rings. The van der Waals surface area contributed by atoms with Gasteiger partial charge in [0.2, 0.25) is 15.9 Å². The molecule has 33 heavy (non-hydrogen) atoms. The van der Waals surface area contributed by atoms with E-state index in [1.54, 1.807) is 12.1 Å². The Morgan fingerprint density at radius 3 is 2.21 bits per heavy atom. The van der Waals surface area contributed by atoms with E-state index in [2.05, 4.69) is 0 Å². The van der Waals surface area contributed by atoms with Crippen LogP contribution in [0.1, 0.15) is 46.1 Å². The number of carbonyl (C=O) groups is 2. The van der Waals surface area contributed by atoms with E-state index in [4.69, 9.17) is 5.73 Å². The highest BCUT2D eigenvalue weighted by Gasteiger charge is 2.43. The summed E-state index contributed by atoms with van der Waals surface area (Å²) >= 11 is 0. The van der Waals surface area contributed by atoms with Crippen molar-refractivity contribution in [3.63, 3.8) is 0 Å². The van der Waals surface area contributed by atoms with Crippen LogP contribution in [0.3, 0.4) is 0 Å². The number of anilines is 1. The lowest BCUT2D eigenvalue weighted by atomic mass is 10.0. The number of sulfonamides is 1. The van der Waals surface area contributed by atoms with E-state index >= 15 is 0 Å². The van der Waals surface area contributed by atoms with Gasteiger partial charge in [-0.3, -0.25) is 13.9 Å². The lowest BCUT2D eigenvalue weighted by Crippen LogP contribution is -2.37. The van der Waals surface area contributed by atoms with Gasteiger partial charge in [-0.2, -0.15) is 0 Å². The van der Waals surface area contributed by atoms with Gasteiger partial charge in [-0.1, -0.05) is 66.7 Å². The number of nitrogens with zero attached hydrogens (tertiary/aromatic N) is 2. The lowest BCUT2D eigenvalue weighted by molar-refractivity contribution is -0.123. The third kappa shape index (κ3) is 4.34. The molecule has 0 aromatic heterocycles. The van der Waals surface area contributed by atoms with Gasteiger partial charge in [0.25, 0.3) is 5.91 Å². The summed E-state index contributed by atoms with van der Waals surface area (Å²) in [6.07, 6.45) is 1.13. The summed E-state index contributed by atoms with van der Waals surface area (Å²) in [5.41, 5.74) is 8.50. The van der Waals surface area contributed by atoms with E-state index in [0.717, 1.165) is 17.4 Å². The second-order valence-corrected chi connectivity index (χ2v) is 10.0. The standard InChI is InChI=1S/C25H25N3O4S/c1-17(19-11-7-4-8-12-19)28-23(24(26)29)21-14-13-20(15-22(21)25(28)30)27(33(2,31)32)16-18-9-5-3-6-10-18/h3-15,17,23H,16H2,1-2H3,(H2,26,29)/t17-,23?/m1/s1. The second kappa shape index (κ2) is 8.71. The Kier molecular flexibility index (Phi) is 5.95. The summed E-state index contributed by atoms with van der Waals surface area (Å²) in [5, 5.41) is 0. The van der Waals surface area contributed by atoms with E-state index in [0.29, 0.717) is 11.3 Å². The molecule has 0 radical (unpaired) electrons. The molecule has 1 aliphatic heterocycles. The van der Waals surface area contributed by atoms with Crippen LogP contribution in [0.5, 0.6) is 0 Å². The van der Waals surface area contributed by atoms with Gasteiger partial charge >= 0.3 is 0 Å². The van der Waals surface area contributed by atoms with Gasteiger partial charge in [0, 0.05) is 5.56 Å². The predicted octanol–water partition coefficient (Wildman–Crippen LogP) is 3.40. The third-order valence-electron chi connectivity index (χ3n) is 5.90. The van der Waals surface area contributed by atoms with E-state index in [-0.39, 0.29) is 18.0 Å². The molecule has 0 aliphatic carbocycles. The summed E-state index contributed by atoms with van der Waals surface area (Å²) in [6, 6.07) is 22.0. The average Bonchev–Trinajstić information content (AvgIpc) is 3.09. The van der Waals surface area contributed by atoms with Crippen LogP contribution in [-0.2, 0) is 21.4 Å². The van der Waals surface area contributed by atoms with Crippen LogP contribution in [0.25, 0.3) is 0 Å². The highest BCUT2D eigenvalue weighted by molar-refractivity contribution is 7.92. The molecule has 170 valence electrons. The zero-order valence-corrected chi connectivity index (χ0v) is 19.2. The maximum absolute atomic E-state index is 13.5. The van der Waals surface area contributed by atoms with Crippen molar-refractivity contribution >= 4 is 27.5 Å². The number of hydrogen-bond acceptors (Lipinski definition) is 4. The highest BCUT2D eigenvalue weighted by Crippen LogP contribution is 2.41. The molecule has 3 aromatic rings. The fraction of sp³-hybridized carbons (Fsp3) is 0.200. The lowest BCUT2D eigenvalue weighted by Gasteiger charge is -2.29. The van der Waals surface area contributed by atoms with Gasteiger partial charge in [-0.15, -0.1) is 0 Å². The Bertz CT molecular complexity index is 1290. The van der Waals surface area contributed by atoms with Crippen LogP contribution in [-0.4, -0.2) is 31.4 Å². The Labute approximate surface area is 193 Å². The molecule has 0 spiro atoms. The number of benzene rings is 3. The Morgan fingerprint density at radius 2 is 1.64 bits per heavy atom. The minimum atomic E-state index is -3.64. The first-order valence-corrected chi connectivity index (χ1v) is 12.4. The van der Waals surface area contributed by atoms with Crippen LogP contribution >= 0.6 is 0 Å². The second-order valence-electron chi connectivity index (χ2n) is 8.13. The van der Waals surface area contributed by atoms with Crippen molar-refractivity contribution in [3.05, 3.63) is 101 Å². The SMILES string of the molecule is C[C@H](c1ccccc1)N1C(=O)c2cc(N(Cc3ccccc3)S(C)(=O)=O)ccc2C1C(N)=O. The number of carbonyl (C=O) groups excluding carboxylic acids is 2. The minimum absolute atomic E-state index is 0.121. The fourth-order valence-electron chi connectivity index (χ4n) is 4.26. The molecule has 3 aromatic carbocycles. The molecule has 8 heteroatoms. The van der Waals surface area contributed by atoms with Crippen molar-refractivity contribution in [2.75, 3.05) is 10.6 Å². The van der Waals surface area contributed by atoms with E-state index < -0.39 is 28.0 Å². The van der Waals surface area contributed by atoms with Crippen LogP contribution in [0.4, 0.5) is 5.69 Å². The first kappa shape index (κ1) is 22.5. The molecule has 7 nitrogen and oxygen atoms in total. The van der Waals surface area contributed by atoms with Gasteiger partial charge in [0.1, 0.15) is 6.04 Å². The first-order valence-electron chi connectivity index (χ1n) is 10.5. The van der Waals surface area contributed by atoms with Crippen LogP contribution < -0.4 is 10.0 Å². The van der Waals surface area contributed by atoms with Crippen molar-refractivity contribution in [1.29, 1.82) is 0 Å². The maximum Gasteiger partial charge on any atom is 0.255 e. The van der Waals surface area contributed by atoms with Crippen molar-refractivity contribution in [3.8, 4) is 0 Å². The zero-order chi connectivity index (χ0) is 23.8. The molecular formula is C25H25N3O4S. The van der Waals surface area contributed by atoms with Crippen molar-refractivity contribution in [2.24, 2.45) is 5.73 Å². The Hall–Kier alpha value is -3.65. The van der Waals surface area contributed by atoms with Crippen molar-refractivity contribution in [2.45, 2.75) is 25.6 Å². The number of fused-ring (bicyclic) bond motifs is 1. The monoisotopic (exact) mass is 463 g/mol. The summed E-state index contributed by atoms with van der Waals surface area (Å²) in [7, 11) is -3.64. The van der Waals surface area contributed by atoms with Crippen LogP contribution in [0, 0.1) is 0 Å². The van der Waals surface area contributed by atoms with Gasteiger partial charge in [-0.05, 0) is 35.7 Å². The highest BCUT2D eigenvalue weighted by atomic mass is 32.2. The van der Waals surface area contributed by atoms with Gasteiger partial charge in [0.15, 0.2) is 0 Å². The summed E-state index contributed by atoms with van der Waals surface area (Å²) < 4.78 is 26.5. The molecule has 0 bridgehead atoms. The number of hydrogen-bond donors (Lipinski definition) is 1. The number of rotatable bonds is 7. The zero-order valence-electron chi connectivity index (χ0n) is 18.4. The average molecular weight is 464 g/mol. The topological polar surface area (TPSA) is 101 Å². The number of amides is 2. The Balaban J connectivity index is 1.76. The summed E-state index contributed by atoms with van der Waals surface area (Å²) in [4.78, 5) is 27.3. The molecule has 1 unspecified atom stereocenters. The molecule has 2 N–H and O–H groups in total. The van der Waals surface area contributed by atoms with E-state index in [1.807, 2.05) is 67.6 Å². The summed E-state index contributed by atoms with van der Waals surface area (Å²) in [6.45, 7) is 1.96. The Morgan fingerprint density at radius 1 is 1.03 bits per heavy atom. The number of primary amides is 1. The molecule has 4 rings (SSSR count). The molecule has 0 saturated carbocycles. The minimum Gasteiger partial charge on any atom is -0.368 e. The largest absolute Gasteiger partial charge is 0.368 e. The number of nitrogens with two attached hydrogens (primary N) is 1. The van der Waals surface area contributed by atoms with Gasteiger partial charge in [0.05, 0.1) is 24.5 Å². The van der Waals surface area contributed by atoms with E-state index in [1.165, 1.54) is 15.3 Å². The van der Waals surface area contributed by atoms with Gasteiger partial charge < -0.3 is 10.6 Å². The van der Waals surface area contributed by atoms with Gasteiger partial charge in [-0.25, -0.2) is 8.42 Å². The molecular weight excluding hydrogens is 438 g/mol. The smallest absolute Gasteiger partial charge is 0.255 e. The molecule has 2 atom stereocenters. The summed E-state index contributed by atoms with van der Waals surface area (Å²) in [5.74, 6) is -0.998. The quantitative estimate of drug-likeness (QED) is 0.580. The van der Waals surface area contributed by atoms with Crippen LogP contribution in [0.15, 0.2) is 78.9 Å². The molecule has 1 heterocycles. The normalized spacial score (nSPS) is 16.4. The molecule has 0 saturated heterocycles. The molecule has 2 amide bonds. The van der Waals surface area contributed by atoms with E-state index in [9.17, 15) is 18.0 Å². The molecule has 1 aliphatic rings. The first-order chi connectivity index (χ1) is 15.7. The maximum atomic E-state index is 13.5. The predicted molar refractivity (Wildman–Crippen MR) is 127 cm³/mol. The van der Waals surface area contributed by atoms with Crippen molar-refractivity contribution in [1.82, 2.24) is 4.90 Å². The van der Waals surface area contributed by atoms with Crippen molar-refractivity contribution < 1.29 is 18.0 Å². The third-order valence-corrected chi connectivity index (χ3v) is 7.04. The van der Waals surface area contributed by atoms with Crippen LogP contribution in [0.2, 0.25) is 0 Å². The fourth-order valence-corrected chi connectivity index (χ4v) is 5.14.